The van der Waals surface area contributed by atoms with Crippen LogP contribution in [0.3, 0.4) is 0 Å². The van der Waals surface area contributed by atoms with Crippen LogP contribution in [0, 0.1) is 0 Å². The van der Waals surface area contributed by atoms with Crippen LogP contribution in [0.2, 0.25) is 0 Å². The molecule has 1 aromatic carbocycles. The molecule has 0 aromatic heterocycles. The van der Waals surface area contributed by atoms with Crippen molar-refractivity contribution in [1.29, 1.82) is 0 Å². The Labute approximate surface area is 142 Å². The Bertz CT molecular complexity index is 607. The lowest BCUT2D eigenvalue weighted by molar-refractivity contribution is -0.118. The molecule has 6 heteroatoms. The van der Waals surface area contributed by atoms with E-state index in [0.717, 1.165) is 56.0 Å². The number of ether oxygens (including phenoxy) is 3. The van der Waals surface area contributed by atoms with Gasteiger partial charge in [-0.05, 0) is 25.0 Å². The quantitative estimate of drug-likeness (QED) is 0.921. The third kappa shape index (κ3) is 3.35. The molecule has 1 spiro atoms. The van der Waals surface area contributed by atoms with E-state index in [4.69, 9.17) is 14.2 Å². The maximum atomic E-state index is 12.2. The molecule has 2 fully saturated rings. The van der Waals surface area contributed by atoms with Gasteiger partial charge in [0, 0.05) is 37.7 Å². The highest BCUT2D eigenvalue weighted by Gasteiger charge is 2.42. The van der Waals surface area contributed by atoms with Crippen LogP contribution < -0.4 is 14.8 Å². The minimum atomic E-state index is -0.475. The molecule has 0 unspecified atom stereocenters. The molecule has 2 aliphatic heterocycles. The minimum absolute atomic E-state index is 0.0110. The van der Waals surface area contributed by atoms with E-state index in [1.54, 1.807) is 0 Å². The van der Waals surface area contributed by atoms with Crippen LogP contribution in [0.1, 0.15) is 32.1 Å². The van der Waals surface area contributed by atoms with Crippen molar-refractivity contribution in [2.24, 2.45) is 0 Å². The molecule has 1 saturated heterocycles. The molecule has 1 saturated carbocycles. The van der Waals surface area contributed by atoms with Crippen LogP contribution in [0.4, 0.5) is 5.69 Å². The number of rotatable bonds is 3. The topological polar surface area (TPSA) is 60.0 Å². The fraction of sp³-hybridized carbons (Fsp3) is 0.611. The number of anilines is 1. The first-order valence-corrected chi connectivity index (χ1v) is 8.85. The number of nitrogens with one attached hydrogen (secondary N) is 1. The zero-order valence-electron chi connectivity index (χ0n) is 13.9. The number of hydrogen-bond donors (Lipinski definition) is 1. The molecule has 24 heavy (non-hydrogen) atoms. The molecule has 1 aromatic rings. The van der Waals surface area contributed by atoms with Crippen molar-refractivity contribution in [2.75, 3.05) is 38.2 Å². The molecule has 4 rings (SSSR count). The molecule has 1 aliphatic carbocycles. The Hall–Kier alpha value is -1.79. The smallest absolute Gasteiger partial charge is 0.251 e. The molecule has 3 aliphatic rings. The SMILES string of the molecule is O=C(CN1CCOCC1)Nc1ccc2c(c1)OC1(CCCCC1)O2. The van der Waals surface area contributed by atoms with E-state index in [2.05, 4.69) is 10.2 Å². The van der Waals surface area contributed by atoms with Crippen molar-refractivity contribution in [3.05, 3.63) is 18.2 Å². The molecule has 130 valence electrons. The minimum Gasteiger partial charge on any atom is -0.448 e. The number of amides is 1. The molecule has 2 heterocycles. The highest BCUT2D eigenvalue weighted by Crippen LogP contribution is 2.46. The number of fused-ring (bicyclic) bond motifs is 1. The summed E-state index contributed by atoms with van der Waals surface area (Å²) in [6.45, 7) is 3.38. The molecular weight excluding hydrogens is 308 g/mol. The summed E-state index contributed by atoms with van der Waals surface area (Å²) in [5.41, 5.74) is 0.753. The van der Waals surface area contributed by atoms with Crippen LogP contribution in [0.25, 0.3) is 0 Å². The van der Waals surface area contributed by atoms with E-state index >= 15 is 0 Å². The van der Waals surface area contributed by atoms with Gasteiger partial charge in [0.15, 0.2) is 11.5 Å². The third-order valence-corrected chi connectivity index (χ3v) is 4.91. The van der Waals surface area contributed by atoms with Crippen LogP contribution in [0.5, 0.6) is 11.5 Å². The van der Waals surface area contributed by atoms with E-state index < -0.39 is 5.79 Å². The maximum Gasteiger partial charge on any atom is 0.251 e. The summed E-state index contributed by atoms with van der Waals surface area (Å²) in [7, 11) is 0. The Balaban J connectivity index is 1.38. The zero-order valence-corrected chi connectivity index (χ0v) is 13.9. The Morgan fingerprint density at radius 3 is 2.62 bits per heavy atom. The van der Waals surface area contributed by atoms with Crippen molar-refractivity contribution in [3.63, 3.8) is 0 Å². The van der Waals surface area contributed by atoms with E-state index in [9.17, 15) is 4.79 Å². The van der Waals surface area contributed by atoms with E-state index in [1.165, 1.54) is 6.42 Å². The van der Waals surface area contributed by atoms with Crippen molar-refractivity contribution in [3.8, 4) is 11.5 Å². The second kappa shape index (κ2) is 6.61. The fourth-order valence-electron chi connectivity index (χ4n) is 3.63. The lowest BCUT2D eigenvalue weighted by Gasteiger charge is -2.31. The molecule has 1 amide bonds. The van der Waals surface area contributed by atoms with Gasteiger partial charge in [-0.3, -0.25) is 9.69 Å². The van der Waals surface area contributed by atoms with Crippen LogP contribution in [-0.4, -0.2) is 49.4 Å². The Kier molecular flexibility index (Phi) is 4.33. The lowest BCUT2D eigenvalue weighted by atomic mass is 9.94. The second-order valence-electron chi connectivity index (χ2n) is 6.77. The first kappa shape index (κ1) is 15.7. The summed E-state index contributed by atoms with van der Waals surface area (Å²) in [5, 5.41) is 2.95. The monoisotopic (exact) mass is 332 g/mol. The van der Waals surface area contributed by atoms with Gasteiger partial charge in [-0.2, -0.15) is 0 Å². The van der Waals surface area contributed by atoms with E-state index in [0.29, 0.717) is 19.8 Å². The largest absolute Gasteiger partial charge is 0.448 e. The number of benzene rings is 1. The van der Waals surface area contributed by atoms with Crippen molar-refractivity contribution >= 4 is 11.6 Å². The number of morpholine rings is 1. The number of nitrogens with zero attached hydrogens (tertiary/aromatic N) is 1. The highest BCUT2D eigenvalue weighted by atomic mass is 16.7. The van der Waals surface area contributed by atoms with Crippen molar-refractivity contribution < 1.29 is 19.0 Å². The summed E-state index contributed by atoms with van der Waals surface area (Å²) >= 11 is 0. The summed E-state index contributed by atoms with van der Waals surface area (Å²) in [6.07, 6.45) is 5.38. The molecule has 0 atom stereocenters. The van der Waals surface area contributed by atoms with Gasteiger partial charge in [0.2, 0.25) is 5.91 Å². The van der Waals surface area contributed by atoms with Gasteiger partial charge in [-0.1, -0.05) is 6.42 Å². The Morgan fingerprint density at radius 2 is 1.83 bits per heavy atom. The van der Waals surface area contributed by atoms with Gasteiger partial charge < -0.3 is 19.5 Å². The molecule has 1 N–H and O–H groups in total. The fourth-order valence-corrected chi connectivity index (χ4v) is 3.63. The van der Waals surface area contributed by atoms with Gasteiger partial charge in [-0.15, -0.1) is 0 Å². The van der Waals surface area contributed by atoms with Gasteiger partial charge in [0.05, 0.1) is 19.8 Å². The van der Waals surface area contributed by atoms with Crippen molar-refractivity contribution in [1.82, 2.24) is 4.90 Å². The maximum absolute atomic E-state index is 12.2. The summed E-state index contributed by atoms with van der Waals surface area (Å²) in [4.78, 5) is 14.3. The summed E-state index contributed by atoms with van der Waals surface area (Å²) in [5.74, 6) is 1.03. The normalized spacial score (nSPS) is 22.5. The van der Waals surface area contributed by atoms with Crippen LogP contribution in [0.15, 0.2) is 18.2 Å². The summed E-state index contributed by atoms with van der Waals surface area (Å²) < 4.78 is 17.5. The number of carbonyl (C=O) groups is 1. The number of hydrogen-bond acceptors (Lipinski definition) is 5. The average molecular weight is 332 g/mol. The van der Waals surface area contributed by atoms with Gasteiger partial charge in [-0.25, -0.2) is 0 Å². The Morgan fingerprint density at radius 1 is 1.08 bits per heavy atom. The van der Waals surface area contributed by atoms with Gasteiger partial charge in [0.1, 0.15) is 0 Å². The average Bonchev–Trinajstić information content (AvgIpc) is 2.93. The standard InChI is InChI=1S/C18H24N2O4/c21-17(13-20-8-10-22-11-9-20)19-14-4-5-15-16(12-14)24-18(23-15)6-2-1-3-7-18/h4-5,12H,1-3,6-11,13H2,(H,19,21). The third-order valence-electron chi connectivity index (χ3n) is 4.91. The first-order valence-electron chi connectivity index (χ1n) is 8.85. The zero-order chi connectivity index (χ0) is 16.4. The number of carbonyl (C=O) groups excluding carboxylic acids is 1. The van der Waals surface area contributed by atoms with Gasteiger partial charge >= 0.3 is 0 Å². The van der Waals surface area contributed by atoms with Crippen LogP contribution in [-0.2, 0) is 9.53 Å². The molecule has 6 nitrogen and oxygen atoms in total. The highest BCUT2D eigenvalue weighted by molar-refractivity contribution is 5.92. The molecule has 0 bridgehead atoms. The predicted octanol–water partition coefficient (Wildman–Crippen LogP) is 2.39. The van der Waals surface area contributed by atoms with Gasteiger partial charge in [0.25, 0.3) is 5.79 Å². The first-order chi connectivity index (χ1) is 11.7. The second-order valence-corrected chi connectivity index (χ2v) is 6.77. The van der Waals surface area contributed by atoms with E-state index in [1.807, 2.05) is 18.2 Å². The predicted molar refractivity (Wildman–Crippen MR) is 89.4 cm³/mol. The lowest BCUT2D eigenvalue weighted by Crippen LogP contribution is -2.41. The summed E-state index contributed by atoms with van der Waals surface area (Å²) in [6, 6.07) is 5.64. The molecular formula is C18H24N2O4. The van der Waals surface area contributed by atoms with Crippen molar-refractivity contribution in [2.45, 2.75) is 37.9 Å². The molecule has 0 radical (unpaired) electrons. The van der Waals surface area contributed by atoms with E-state index in [-0.39, 0.29) is 5.91 Å². The van der Waals surface area contributed by atoms with Crippen LogP contribution >= 0.6 is 0 Å².